The maximum Gasteiger partial charge on any atom is 0.110 e. The number of thiophene rings is 1. The third-order valence-corrected chi connectivity index (χ3v) is 2.95. The van der Waals surface area contributed by atoms with Crippen LogP contribution in [0.25, 0.3) is 10.4 Å². The molecule has 0 aliphatic rings. The van der Waals surface area contributed by atoms with Crippen LogP contribution in [0.3, 0.4) is 0 Å². The average Bonchev–Trinajstić information content (AvgIpc) is 2.67. The standard InChI is InChI=1S/C11H8N2S/c1-8-2-3-9(7-13-8)11-5-4-10(6-12)14-11/h2-5,7H,1H3. The highest BCUT2D eigenvalue weighted by Crippen LogP contribution is 2.26. The Labute approximate surface area is 86.5 Å². The van der Waals surface area contributed by atoms with Crippen molar-refractivity contribution in [2.75, 3.05) is 0 Å². The molecule has 0 N–H and O–H groups in total. The van der Waals surface area contributed by atoms with Crippen molar-refractivity contribution >= 4 is 11.3 Å². The van der Waals surface area contributed by atoms with Crippen LogP contribution >= 0.6 is 11.3 Å². The van der Waals surface area contributed by atoms with Crippen LogP contribution in [0.1, 0.15) is 10.6 Å². The van der Waals surface area contributed by atoms with Gasteiger partial charge in [0, 0.05) is 22.3 Å². The number of aromatic nitrogens is 1. The second-order valence-electron chi connectivity index (χ2n) is 2.96. The minimum absolute atomic E-state index is 0.737. The molecule has 2 nitrogen and oxygen atoms in total. The van der Waals surface area contributed by atoms with E-state index in [1.54, 1.807) is 0 Å². The largest absolute Gasteiger partial charge is 0.261 e. The zero-order valence-corrected chi connectivity index (χ0v) is 8.51. The van der Waals surface area contributed by atoms with Crippen molar-refractivity contribution in [3.63, 3.8) is 0 Å². The third-order valence-electron chi connectivity index (χ3n) is 1.91. The molecule has 0 fully saturated rings. The Balaban J connectivity index is 2.40. The van der Waals surface area contributed by atoms with Gasteiger partial charge in [0.2, 0.25) is 0 Å². The molecule has 14 heavy (non-hydrogen) atoms. The van der Waals surface area contributed by atoms with Crippen molar-refractivity contribution in [2.45, 2.75) is 6.92 Å². The zero-order chi connectivity index (χ0) is 9.97. The molecule has 0 amide bonds. The molecule has 0 unspecified atom stereocenters. The minimum atomic E-state index is 0.737. The third kappa shape index (κ3) is 1.66. The van der Waals surface area contributed by atoms with Crippen molar-refractivity contribution in [2.24, 2.45) is 0 Å². The molecular weight excluding hydrogens is 192 g/mol. The van der Waals surface area contributed by atoms with Crippen LogP contribution in [0.5, 0.6) is 0 Å². The molecule has 0 radical (unpaired) electrons. The van der Waals surface area contributed by atoms with E-state index < -0.39 is 0 Å². The van der Waals surface area contributed by atoms with E-state index in [2.05, 4.69) is 11.1 Å². The van der Waals surface area contributed by atoms with Gasteiger partial charge in [0.05, 0.1) is 0 Å². The number of rotatable bonds is 1. The van der Waals surface area contributed by atoms with Gasteiger partial charge < -0.3 is 0 Å². The van der Waals surface area contributed by atoms with Gasteiger partial charge in [-0.05, 0) is 25.1 Å². The average molecular weight is 200 g/mol. The molecule has 3 heteroatoms. The number of nitrogens with zero attached hydrogens (tertiary/aromatic N) is 2. The molecule has 0 atom stereocenters. The minimum Gasteiger partial charge on any atom is -0.261 e. The summed E-state index contributed by atoms with van der Waals surface area (Å²) >= 11 is 1.49. The van der Waals surface area contributed by atoms with Crippen LogP contribution in [0.15, 0.2) is 30.5 Å². The molecule has 2 heterocycles. The smallest absolute Gasteiger partial charge is 0.110 e. The Bertz CT molecular complexity index is 477. The van der Waals surface area contributed by atoms with Crippen LogP contribution < -0.4 is 0 Å². The first-order valence-electron chi connectivity index (χ1n) is 4.22. The second kappa shape index (κ2) is 3.60. The summed E-state index contributed by atoms with van der Waals surface area (Å²) in [7, 11) is 0. The van der Waals surface area contributed by atoms with Crippen LogP contribution in [-0.2, 0) is 0 Å². The molecule has 2 aromatic heterocycles. The van der Waals surface area contributed by atoms with Gasteiger partial charge in [0.25, 0.3) is 0 Å². The fraction of sp³-hybridized carbons (Fsp3) is 0.0909. The van der Waals surface area contributed by atoms with Gasteiger partial charge in [-0.15, -0.1) is 11.3 Å². The van der Waals surface area contributed by atoms with E-state index in [1.165, 1.54) is 11.3 Å². The summed E-state index contributed by atoms with van der Waals surface area (Å²) in [5, 5.41) is 8.69. The van der Waals surface area contributed by atoms with E-state index in [1.807, 2.05) is 37.4 Å². The molecule has 0 saturated heterocycles. The van der Waals surface area contributed by atoms with Crippen molar-refractivity contribution in [1.82, 2.24) is 4.98 Å². The number of hydrogen-bond acceptors (Lipinski definition) is 3. The van der Waals surface area contributed by atoms with Gasteiger partial charge in [0.15, 0.2) is 0 Å². The first-order chi connectivity index (χ1) is 6.79. The first-order valence-corrected chi connectivity index (χ1v) is 5.04. The van der Waals surface area contributed by atoms with Gasteiger partial charge in [0.1, 0.15) is 10.9 Å². The molecule has 0 aliphatic carbocycles. The quantitative estimate of drug-likeness (QED) is 0.709. The lowest BCUT2D eigenvalue weighted by molar-refractivity contribution is 1.20. The highest BCUT2D eigenvalue weighted by Gasteiger charge is 2.01. The van der Waals surface area contributed by atoms with Crippen molar-refractivity contribution < 1.29 is 0 Å². The molecule has 0 aliphatic heterocycles. The van der Waals surface area contributed by atoms with E-state index in [0.29, 0.717) is 0 Å². The van der Waals surface area contributed by atoms with Gasteiger partial charge in [-0.1, -0.05) is 6.07 Å². The molecule has 0 saturated carbocycles. The topological polar surface area (TPSA) is 36.7 Å². The van der Waals surface area contributed by atoms with E-state index in [4.69, 9.17) is 5.26 Å². The monoisotopic (exact) mass is 200 g/mol. The molecular formula is C11H8N2S. The zero-order valence-electron chi connectivity index (χ0n) is 7.69. The first kappa shape index (κ1) is 8.92. The predicted molar refractivity (Wildman–Crippen MR) is 57.0 cm³/mol. The number of nitriles is 1. The fourth-order valence-corrected chi connectivity index (χ4v) is 1.96. The van der Waals surface area contributed by atoms with Crippen molar-refractivity contribution in [3.8, 4) is 16.5 Å². The summed E-state index contributed by atoms with van der Waals surface area (Å²) in [6.07, 6.45) is 1.84. The van der Waals surface area contributed by atoms with Crippen LogP contribution in [0, 0.1) is 18.3 Å². The molecule has 68 valence electrons. The lowest BCUT2D eigenvalue weighted by atomic mass is 10.2. The van der Waals surface area contributed by atoms with Gasteiger partial charge >= 0.3 is 0 Å². The molecule has 2 aromatic rings. The fourth-order valence-electron chi connectivity index (χ4n) is 1.17. The number of aryl methyl sites for hydroxylation is 1. The Morgan fingerprint density at radius 3 is 2.71 bits per heavy atom. The summed E-state index contributed by atoms with van der Waals surface area (Å²) in [5.41, 5.74) is 2.08. The highest BCUT2D eigenvalue weighted by molar-refractivity contribution is 7.16. The Morgan fingerprint density at radius 1 is 1.29 bits per heavy atom. The van der Waals surface area contributed by atoms with Gasteiger partial charge in [-0.25, -0.2) is 0 Å². The van der Waals surface area contributed by atoms with Crippen LogP contribution in [0.2, 0.25) is 0 Å². The molecule has 0 bridgehead atoms. The van der Waals surface area contributed by atoms with E-state index >= 15 is 0 Å². The summed E-state index contributed by atoms with van der Waals surface area (Å²) in [6, 6.07) is 9.91. The summed E-state index contributed by atoms with van der Waals surface area (Å²) < 4.78 is 0. The van der Waals surface area contributed by atoms with Crippen LogP contribution in [-0.4, -0.2) is 4.98 Å². The molecule has 0 spiro atoms. The van der Waals surface area contributed by atoms with Gasteiger partial charge in [-0.2, -0.15) is 5.26 Å². The number of pyridine rings is 1. The second-order valence-corrected chi connectivity index (χ2v) is 4.05. The van der Waals surface area contributed by atoms with Gasteiger partial charge in [-0.3, -0.25) is 4.98 Å². The van der Waals surface area contributed by atoms with Crippen molar-refractivity contribution in [3.05, 3.63) is 41.0 Å². The molecule has 2 rings (SSSR count). The maximum absolute atomic E-state index is 8.69. The summed E-state index contributed by atoms with van der Waals surface area (Å²) in [6.45, 7) is 1.96. The lowest BCUT2D eigenvalue weighted by Gasteiger charge is -1.96. The predicted octanol–water partition coefficient (Wildman–Crippen LogP) is 2.99. The van der Waals surface area contributed by atoms with E-state index in [9.17, 15) is 0 Å². The summed E-state index contributed by atoms with van der Waals surface area (Å²) in [5.74, 6) is 0. The van der Waals surface area contributed by atoms with Crippen molar-refractivity contribution in [1.29, 1.82) is 5.26 Å². The Kier molecular flexibility index (Phi) is 2.30. The highest BCUT2D eigenvalue weighted by atomic mass is 32.1. The molecule has 0 aromatic carbocycles. The van der Waals surface area contributed by atoms with E-state index in [-0.39, 0.29) is 0 Å². The Morgan fingerprint density at radius 2 is 2.14 bits per heavy atom. The lowest BCUT2D eigenvalue weighted by Crippen LogP contribution is -1.79. The number of hydrogen-bond donors (Lipinski definition) is 0. The van der Waals surface area contributed by atoms with Crippen LogP contribution in [0.4, 0.5) is 0 Å². The maximum atomic E-state index is 8.69. The Hall–Kier alpha value is -1.66. The summed E-state index contributed by atoms with van der Waals surface area (Å²) in [4.78, 5) is 6.04. The SMILES string of the molecule is Cc1ccc(-c2ccc(C#N)s2)cn1. The van der Waals surface area contributed by atoms with E-state index in [0.717, 1.165) is 21.0 Å². The normalized spacial score (nSPS) is 9.71.